The van der Waals surface area contributed by atoms with Crippen molar-refractivity contribution in [2.45, 2.75) is 6.92 Å². The van der Waals surface area contributed by atoms with Gasteiger partial charge < -0.3 is 10.6 Å². The maximum Gasteiger partial charge on any atom is 0.222 e. The van der Waals surface area contributed by atoms with Crippen LogP contribution in [0.1, 0.15) is 6.92 Å². The van der Waals surface area contributed by atoms with E-state index in [4.69, 9.17) is 5.73 Å². The van der Waals surface area contributed by atoms with Gasteiger partial charge in [-0.3, -0.25) is 0 Å². The van der Waals surface area contributed by atoms with Gasteiger partial charge in [0.1, 0.15) is 11.6 Å². The minimum atomic E-state index is -0.262. The molecule has 0 unspecified atom stereocenters. The molecule has 0 radical (unpaired) electrons. The van der Waals surface area contributed by atoms with Crippen molar-refractivity contribution in [1.82, 2.24) is 9.97 Å². The summed E-state index contributed by atoms with van der Waals surface area (Å²) in [7, 11) is 0. The number of nitrogens with zero attached hydrogens (tertiary/aromatic N) is 3. The molecule has 0 aliphatic rings. The topological polar surface area (TPSA) is 55.0 Å². The number of halogens is 1. The van der Waals surface area contributed by atoms with Crippen molar-refractivity contribution in [2.75, 3.05) is 17.2 Å². The highest BCUT2D eigenvalue weighted by Crippen LogP contribution is 2.30. The fourth-order valence-electron chi connectivity index (χ4n) is 2.36. The monoisotopic (exact) mass is 282 g/mol. The number of aromatic nitrogens is 2. The Morgan fingerprint density at radius 1 is 1.05 bits per heavy atom. The number of anilines is 3. The first-order valence-corrected chi connectivity index (χ1v) is 6.74. The molecule has 0 aliphatic heterocycles. The highest BCUT2D eigenvalue weighted by Gasteiger charge is 2.14. The maximum absolute atomic E-state index is 13.1. The lowest BCUT2D eigenvalue weighted by Crippen LogP contribution is -2.18. The van der Waals surface area contributed by atoms with E-state index in [0.717, 1.165) is 22.4 Å². The number of fused-ring (bicyclic) bond motifs is 1. The largest absolute Gasteiger partial charge is 0.368 e. The highest BCUT2D eigenvalue weighted by atomic mass is 19.1. The van der Waals surface area contributed by atoms with Crippen LogP contribution in [-0.4, -0.2) is 16.5 Å². The quantitative estimate of drug-likeness (QED) is 0.798. The van der Waals surface area contributed by atoms with Crippen LogP contribution in [0.5, 0.6) is 0 Å². The molecule has 5 heteroatoms. The number of hydrogen-bond acceptors (Lipinski definition) is 4. The lowest BCUT2D eigenvalue weighted by molar-refractivity contribution is 0.628. The molecule has 0 bridgehead atoms. The van der Waals surface area contributed by atoms with Gasteiger partial charge in [-0.25, -0.2) is 9.37 Å². The minimum absolute atomic E-state index is 0.226. The van der Waals surface area contributed by atoms with Crippen LogP contribution in [0.25, 0.3) is 10.9 Å². The van der Waals surface area contributed by atoms with Crippen LogP contribution in [0, 0.1) is 5.82 Å². The molecule has 0 atom stereocenters. The molecule has 0 fully saturated rings. The maximum atomic E-state index is 13.1. The molecular formula is C16H15FN4. The van der Waals surface area contributed by atoms with Crippen molar-refractivity contribution < 1.29 is 4.39 Å². The van der Waals surface area contributed by atoms with Gasteiger partial charge in [0.05, 0.1) is 5.52 Å². The molecule has 3 rings (SSSR count). The van der Waals surface area contributed by atoms with Gasteiger partial charge in [0.25, 0.3) is 0 Å². The molecule has 3 aromatic rings. The Labute approximate surface area is 122 Å². The van der Waals surface area contributed by atoms with Gasteiger partial charge in [0.2, 0.25) is 5.95 Å². The third-order valence-corrected chi connectivity index (χ3v) is 3.31. The van der Waals surface area contributed by atoms with E-state index < -0.39 is 0 Å². The van der Waals surface area contributed by atoms with Crippen LogP contribution in [0.15, 0.2) is 48.5 Å². The minimum Gasteiger partial charge on any atom is -0.368 e. The van der Waals surface area contributed by atoms with Crippen LogP contribution in [0.3, 0.4) is 0 Å². The van der Waals surface area contributed by atoms with Crippen molar-refractivity contribution >= 4 is 28.4 Å². The lowest BCUT2D eigenvalue weighted by Gasteiger charge is -2.23. The summed E-state index contributed by atoms with van der Waals surface area (Å²) in [6, 6.07) is 14.0. The number of nitrogens with two attached hydrogens (primary N) is 1. The number of benzene rings is 2. The molecule has 1 heterocycles. The van der Waals surface area contributed by atoms with Gasteiger partial charge in [0.15, 0.2) is 0 Å². The smallest absolute Gasteiger partial charge is 0.222 e. The normalized spacial score (nSPS) is 10.8. The fraction of sp³-hybridized carbons (Fsp3) is 0.125. The van der Waals surface area contributed by atoms with E-state index in [0.29, 0.717) is 6.54 Å². The Balaban J connectivity index is 2.19. The van der Waals surface area contributed by atoms with E-state index in [-0.39, 0.29) is 11.8 Å². The molecule has 21 heavy (non-hydrogen) atoms. The van der Waals surface area contributed by atoms with Crippen LogP contribution in [0.2, 0.25) is 0 Å². The summed E-state index contributed by atoms with van der Waals surface area (Å²) in [6.07, 6.45) is 0. The number of para-hydroxylation sites is 1. The molecular weight excluding hydrogens is 267 g/mol. The molecule has 0 amide bonds. The van der Waals surface area contributed by atoms with Gasteiger partial charge in [-0.2, -0.15) is 4.98 Å². The van der Waals surface area contributed by atoms with Gasteiger partial charge in [0, 0.05) is 17.6 Å². The summed E-state index contributed by atoms with van der Waals surface area (Å²) in [5.74, 6) is 0.693. The highest BCUT2D eigenvalue weighted by molar-refractivity contribution is 5.92. The summed E-state index contributed by atoms with van der Waals surface area (Å²) in [6.45, 7) is 2.70. The zero-order valence-electron chi connectivity index (χ0n) is 11.6. The Kier molecular flexibility index (Phi) is 3.39. The molecule has 0 aliphatic carbocycles. The Morgan fingerprint density at radius 2 is 1.76 bits per heavy atom. The van der Waals surface area contributed by atoms with E-state index in [1.807, 2.05) is 36.1 Å². The fourth-order valence-corrected chi connectivity index (χ4v) is 2.36. The van der Waals surface area contributed by atoms with E-state index in [2.05, 4.69) is 9.97 Å². The first-order valence-electron chi connectivity index (χ1n) is 6.74. The Morgan fingerprint density at radius 3 is 2.48 bits per heavy atom. The molecule has 106 valence electrons. The van der Waals surface area contributed by atoms with Gasteiger partial charge >= 0.3 is 0 Å². The molecule has 1 aromatic heterocycles. The first-order chi connectivity index (χ1) is 10.2. The molecule has 0 spiro atoms. The third kappa shape index (κ3) is 2.50. The first kappa shape index (κ1) is 13.3. The Hall–Kier alpha value is -2.69. The van der Waals surface area contributed by atoms with Crippen molar-refractivity contribution in [2.24, 2.45) is 0 Å². The van der Waals surface area contributed by atoms with Crippen molar-refractivity contribution in [3.63, 3.8) is 0 Å². The zero-order valence-corrected chi connectivity index (χ0v) is 11.6. The van der Waals surface area contributed by atoms with Crippen molar-refractivity contribution in [3.8, 4) is 0 Å². The SMILES string of the molecule is CCN(c1ccc(F)cc1)c1nc(N)nc2ccccc12. The van der Waals surface area contributed by atoms with E-state index in [1.165, 1.54) is 12.1 Å². The van der Waals surface area contributed by atoms with Gasteiger partial charge in [-0.15, -0.1) is 0 Å². The summed E-state index contributed by atoms with van der Waals surface area (Å²) >= 11 is 0. The average Bonchev–Trinajstić information content (AvgIpc) is 2.49. The van der Waals surface area contributed by atoms with E-state index >= 15 is 0 Å². The number of nitrogen functional groups attached to an aromatic ring is 1. The van der Waals surface area contributed by atoms with E-state index in [9.17, 15) is 4.39 Å². The standard InChI is InChI=1S/C16H15FN4/c1-2-21(12-9-7-11(17)8-10-12)15-13-5-3-4-6-14(13)19-16(18)20-15/h3-10H,2H2,1H3,(H2,18,19,20). The van der Waals surface area contributed by atoms with Crippen molar-refractivity contribution in [1.29, 1.82) is 0 Å². The Bertz CT molecular complexity index is 771. The lowest BCUT2D eigenvalue weighted by atomic mass is 10.2. The van der Waals surface area contributed by atoms with Crippen LogP contribution in [0.4, 0.5) is 21.8 Å². The second-order valence-corrected chi connectivity index (χ2v) is 4.64. The number of rotatable bonds is 3. The number of hydrogen-bond donors (Lipinski definition) is 1. The molecule has 2 aromatic carbocycles. The van der Waals surface area contributed by atoms with Gasteiger partial charge in [-0.05, 0) is 43.3 Å². The molecule has 2 N–H and O–H groups in total. The summed E-state index contributed by atoms with van der Waals surface area (Å²) in [5, 5.41) is 0.915. The predicted octanol–water partition coefficient (Wildman–Crippen LogP) is 3.51. The van der Waals surface area contributed by atoms with Crippen LogP contribution in [-0.2, 0) is 0 Å². The summed E-state index contributed by atoms with van der Waals surface area (Å²) in [5.41, 5.74) is 7.47. The second kappa shape index (κ2) is 5.36. The summed E-state index contributed by atoms with van der Waals surface area (Å²) < 4.78 is 13.1. The molecule has 0 saturated carbocycles. The average molecular weight is 282 g/mol. The summed E-state index contributed by atoms with van der Waals surface area (Å²) in [4.78, 5) is 10.6. The third-order valence-electron chi connectivity index (χ3n) is 3.31. The zero-order chi connectivity index (χ0) is 14.8. The predicted molar refractivity (Wildman–Crippen MR) is 83.0 cm³/mol. The van der Waals surface area contributed by atoms with E-state index in [1.54, 1.807) is 12.1 Å². The van der Waals surface area contributed by atoms with Crippen LogP contribution >= 0.6 is 0 Å². The second-order valence-electron chi connectivity index (χ2n) is 4.64. The van der Waals surface area contributed by atoms with Crippen molar-refractivity contribution in [3.05, 3.63) is 54.3 Å². The molecule has 0 saturated heterocycles. The van der Waals surface area contributed by atoms with Gasteiger partial charge in [-0.1, -0.05) is 12.1 Å². The molecule has 4 nitrogen and oxygen atoms in total. The van der Waals surface area contributed by atoms with Crippen LogP contribution < -0.4 is 10.6 Å².